The molecule has 3 heteroatoms. The number of rotatable bonds is 2. The van der Waals surface area contributed by atoms with Gasteiger partial charge in [0, 0.05) is 25.2 Å². The summed E-state index contributed by atoms with van der Waals surface area (Å²) in [5.74, 6) is 1.14. The molecule has 0 amide bonds. The van der Waals surface area contributed by atoms with Crippen LogP contribution in [0.3, 0.4) is 0 Å². The highest BCUT2D eigenvalue weighted by molar-refractivity contribution is 5.65. The monoisotopic (exact) mass is 403 g/mol. The number of aromatic nitrogens is 1. The normalized spacial score (nSPS) is 24.1. The highest BCUT2D eigenvalue weighted by atomic mass is 15.2. The molecule has 3 aliphatic rings. The molecule has 0 radical (unpaired) electrons. The van der Waals surface area contributed by atoms with Crippen LogP contribution in [0.5, 0.6) is 0 Å². The van der Waals surface area contributed by atoms with Crippen molar-refractivity contribution in [2.75, 3.05) is 31.1 Å². The van der Waals surface area contributed by atoms with E-state index in [0.717, 1.165) is 24.6 Å². The molecule has 0 unspecified atom stereocenters. The molecule has 1 aromatic heterocycles. The van der Waals surface area contributed by atoms with Crippen molar-refractivity contribution >= 4 is 5.82 Å². The Hall–Kier alpha value is -1.87. The summed E-state index contributed by atoms with van der Waals surface area (Å²) in [6.07, 6.45) is 6.41. The van der Waals surface area contributed by atoms with E-state index >= 15 is 0 Å². The third-order valence-electron chi connectivity index (χ3n) is 8.36. The van der Waals surface area contributed by atoms with Crippen LogP contribution in [0.4, 0.5) is 5.82 Å². The maximum Gasteiger partial charge on any atom is 0.129 e. The van der Waals surface area contributed by atoms with Crippen molar-refractivity contribution in [3.8, 4) is 11.3 Å². The first-order valence-electron chi connectivity index (χ1n) is 11.9. The molecule has 0 bridgehead atoms. The number of nitrogens with zero attached hydrogens (tertiary/aromatic N) is 2. The molecule has 30 heavy (non-hydrogen) atoms. The van der Waals surface area contributed by atoms with Gasteiger partial charge in [-0.3, -0.25) is 0 Å². The zero-order valence-electron chi connectivity index (χ0n) is 19.2. The van der Waals surface area contributed by atoms with Crippen molar-refractivity contribution in [2.24, 2.45) is 5.41 Å². The molecule has 1 spiro atoms. The molecular formula is C27H37N3. The van der Waals surface area contributed by atoms with E-state index in [1.54, 1.807) is 0 Å². The predicted molar refractivity (Wildman–Crippen MR) is 126 cm³/mol. The SMILES string of the molecule is CC1(C)CCC(C)(C)c2cc(-c3cccc(N4CCC5(CCNC5)CC4)n3)ccc21. The molecule has 160 valence electrons. The van der Waals surface area contributed by atoms with E-state index in [9.17, 15) is 0 Å². The summed E-state index contributed by atoms with van der Waals surface area (Å²) >= 11 is 0. The minimum Gasteiger partial charge on any atom is -0.357 e. The molecular weight excluding hydrogens is 366 g/mol. The van der Waals surface area contributed by atoms with Gasteiger partial charge >= 0.3 is 0 Å². The van der Waals surface area contributed by atoms with Crippen LogP contribution in [0.15, 0.2) is 36.4 Å². The Morgan fingerprint density at radius 2 is 1.57 bits per heavy atom. The predicted octanol–water partition coefficient (Wildman–Crippen LogP) is 5.68. The van der Waals surface area contributed by atoms with E-state index in [1.807, 2.05) is 0 Å². The molecule has 2 saturated heterocycles. The third kappa shape index (κ3) is 3.45. The van der Waals surface area contributed by atoms with Crippen LogP contribution in [0.1, 0.15) is 70.9 Å². The van der Waals surface area contributed by atoms with Gasteiger partial charge in [0.25, 0.3) is 0 Å². The summed E-state index contributed by atoms with van der Waals surface area (Å²) in [4.78, 5) is 7.62. The standard InChI is InChI=1S/C27H37N3/c1-25(2)10-11-26(3,4)22-18-20(8-9-21(22)25)23-6-5-7-24(29-23)30-16-13-27(14-17-30)12-15-28-19-27/h5-9,18,28H,10-17,19H2,1-4H3. The van der Waals surface area contributed by atoms with Crippen LogP contribution in [-0.2, 0) is 10.8 Å². The molecule has 1 N–H and O–H groups in total. The molecule has 2 aliphatic heterocycles. The van der Waals surface area contributed by atoms with Gasteiger partial charge in [-0.2, -0.15) is 0 Å². The summed E-state index contributed by atoms with van der Waals surface area (Å²) in [5.41, 5.74) is 6.44. The molecule has 3 heterocycles. The first-order valence-corrected chi connectivity index (χ1v) is 11.9. The van der Waals surface area contributed by atoms with Crippen LogP contribution in [-0.4, -0.2) is 31.2 Å². The van der Waals surface area contributed by atoms with Crippen molar-refractivity contribution in [2.45, 2.75) is 70.6 Å². The van der Waals surface area contributed by atoms with Crippen LogP contribution in [0, 0.1) is 5.41 Å². The fourth-order valence-electron chi connectivity index (χ4n) is 5.94. The van der Waals surface area contributed by atoms with Crippen molar-refractivity contribution in [1.82, 2.24) is 10.3 Å². The third-order valence-corrected chi connectivity index (χ3v) is 8.36. The molecule has 2 aromatic rings. The number of nitrogens with one attached hydrogen (secondary N) is 1. The Labute approximate surface area is 182 Å². The van der Waals surface area contributed by atoms with Gasteiger partial charge in [-0.05, 0) is 84.2 Å². The van der Waals surface area contributed by atoms with Gasteiger partial charge in [0.2, 0.25) is 0 Å². The number of piperidine rings is 1. The van der Waals surface area contributed by atoms with Crippen LogP contribution < -0.4 is 10.2 Å². The van der Waals surface area contributed by atoms with Gasteiger partial charge in [0.05, 0.1) is 5.69 Å². The lowest BCUT2D eigenvalue weighted by Crippen LogP contribution is -2.41. The Bertz CT molecular complexity index is 927. The van der Waals surface area contributed by atoms with Crippen molar-refractivity contribution in [3.05, 3.63) is 47.5 Å². The van der Waals surface area contributed by atoms with E-state index in [-0.39, 0.29) is 10.8 Å². The molecule has 0 saturated carbocycles. The van der Waals surface area contributed by atoms with Gasteiger partial charge < -0.3 is 10.2 Å². The van der Waals surface area contributed by atoms with E-state index in [1.165, 1.54) is 61.9 Å². The number of pyridine rings is 1. The van der Waals surface area contributed by atoms with E-state index in [4.69, 9.17) is 4.98 Å². The average molecular weight is 404 g/mol. The van der Waals surface area contributed by atoms with Gasteiger partial charge in [-0.15, -0.1) is 0 Å². The minimum absolute atomic E-state index is 0.231. The summed E-state index contributed by atoms with van der Waals surface area (Å²) < 4.78 is 0. The fraction of sp³-hybridized carbons (Fsp3) is 0.593. The fourth-order valence-corrected chi connectivity index (χ4v) is 5.94. The number of hydrogen-bond acceptors (Lipinski definition) is 3. The molecule has 1 aromatic carbocycles. The number of benzene rings is 1. The van der Waals surface area contributed by atoms with Crippen molar-refractivity contribution in [3.63, 3.8) is 0 Å². The van der Waals surface area contributed by atoms with Crippen LogP contribution in [0.2, 0.25) is 0 Å². The maximum atomic E-state index is 5.13. The summed E-state index contributed by atoms with van der Waals surface area (Å²) in [7, 11) is 0. The lowest BCUT2D eigenvalue weighted by atomic mass is 9.63. The topological polar surface area (TPSA) is 28.2 Å². The smallest absolute Gasteiger partial charge is 0.129 e. The van der Waals surface area contributed by atoms with Crippen LogP contribution in [0.25, 0.3) is 11.3 Å². The Kier molecular flexibility index (Phi) is 4.74. The van der Waals surface area contributed by atoms with Crippen LogP contribution >= 0.6 is 0 Å². The molecule has 3 nitrogen and oxygen atoms in total. The lowest BCUT2D eigenvalue weighted by Gasteiger charge is -2.42. The first kappa shape index (κ1) is 20.1. The van der Waals surface area contributed by atoms with E-state index < -0.39 is 0 Å². The number of anilines is 1. The quantitative estimate of drug-likeness (QED) is 0.699. The highest BCUT2D eigenvalue weighted by Crippen LogP contribution is 2.46. The van der Waals surface area contributed by atoms with E-state index in [2.05, 4.69) is 74.3 Å². The maximum absolute atomic E-state index is 5.13. The molecule has 2 fully saturated rings. The molecule has 0 atom stereocenters. The first-order chi connectivity index (χ1) is 14.3. The Morgan fingerprint density at radius 3 is 2.27 bits per heavy atom. The largest absolute Gasteiger partial charge is 0.357 e. The second kappa shape index (κ2) is 7.09. The van der Waals surface area contributed by atoms with Crippen molar-refractivity contribution in [1.29, 1.82) is 0 Å². The summed E-state index contributed by atoms with van der Waals surface area (Å²) in [5, 5.41) is 3.57. The summed E-state index contributed by atoms with van der Waals surface area (Å²) in [6.45, 7) is 14.2. The van der Waals surface area contributed by atoms with Gasteiger partial charge in [-0.1, -0.05) is 45.9 Å². The summed E-state index contributed by atoms with van der Waals surface area (Å²) in [6, 6.07) is 13.7. The minimum atomic E-state index is 0.231. The Morgan fingerprint density at radius 1 is 0.833 bits per heavy atom. The number of hydrogen-bond donors (Lipinski definition) is 1. The zero-order valence-corrected chi connectivity index (χ0v) is 19.2. The zero-order chi connectivity index (χ0) is 21.0. The van der Waals surface area contributed by atoms with E-state index in [0.29, 0.717) is 5.41 Å². The average Bonchev–Trinajstić information content (AvgIpc) is 3.20. The molecule has 5 rings (SSSR count). The number of fused-ring (bicyclic) bond motifs is 1. The molecule has 1 aliphatic carbocycles. The van der Waals surface area contributed by atoms with Gasteiger partial charge in [0.15, 0.2) is 0 Å². The van der Waals surface area contributed by atoms with Crippen molar-refractivity contribution < 1.29 is 0 Å². The van der Waals surface area contributed by atoms with Gasteiger partial charge in [0.1, 0.15) is 5.82 Å². The van der Waals surface area contributed by atoms with Gasteiger partial charge in [-0.25, -0.2) is 4.98 Å². The highest BCUT2D eigenvalue weighted by Gasteiger charge is 2.38. The lowest BCUT2D eigenvalue weighted by molar-refractivity contribution is 0.247. The second-order valence-corrected chi connectivity index (χ2v) is 11.3. The Balaban J connectivity index is 1.42. The second-order valence-electron chi connectivity index (χ2n) is 11.3.